The third-order valence-corrected chi connectivity index (χ3v) is 7.14. The Hall–Kier alpha value is -4.30. The number of rotatable bonds is 11. The highest BCUT2D eigenvalue weighted by Gasteiger charge is 2.36. The van der Waals surface area contributed by atoms with Gasteiger partial charge in [-0.2, -0.15) is 0 Å². The Morgan fingerprint density at radius 3 is 2.27 bits per heavy atom. The van der Waals surface area contributed by atoms with Crippen molar-refractivity contribution in [3.63, 3.8) is 0 Å². The fraction of sp³-hybridized carbons (Fsp3) is 0.312. The van der Waals surface area contributed by atoms with Crippen LogP contribution < -0.4 is 10.2 Å². The molecule has 8 nitrogen and oxygen atoms in total. The van der Waals surface area contributed by atoms with Gasteiger partial charge in [-0.05, 0) is 67.5 Å². The van der Waals surface area contributed by atoms with Crippen LogP contribution in [0.4, 0.5) is 17.1 Å². The van der Waals surface area contributed by atoms with E-state index in [1.54, 1.807) is 37.1 Å². The van der Waals surface area contributed by atoms with E-state index in [0.717, 1.165) is 36.4 Å². The third-order valence-electron chi connectivity index (χ3n) is 7.14. The average Bonchev–Trinajstić information content (AvgIpc) is 3.31. The molecular formula is C32H36N4O4. The summed E-state index contributed by atoms with van der Waals surface area (Å²) in [5.41, 5.74) is 4.55. The zero-order chi connectivity index (χ0) is 28.6. The van der Waals surface area contributed by atoms with E-state index in [1.165, 1.54) is 0 Å². The number of carbonyl (C=O) groups is 3. The lowest BCUT2D eigenvalue weighted by molar-refractivity contribution is -0.118. The van der Waals surface area contributed by atoms with E-state index in [2.05, 4.69) is 24.1 Å². The quantitative estimate of drug-likeness (QED) is 0.259. The van der Waals surface area contributed by atoms with Crippen molar-refractivity contribution in [2.45, 2.75) is 33.1 Å². The summed E-state index contributed by atoms with van der Waals surface area (Å²) in [6.45, 7) is 8.77. The molecule has 0 aromatic heterocycles. The van der Waals surface area contributed by atoms with Crippen LogP contribution in [-0.4, -0.2) is 61.7 Å². The summed E-state index contributed by atoms with van der Waals surface area (Å²) in [5, 5.41) is 2.91. The Balaban J connectivity index is 1.62. The van der Waals surface area contributed by atoms with E-state index < -0.39 is 11.9 Å². The number of anilines is 2. The number of hydrogen-bond acceptors (Lipinski definition) is 6. The van der Waals surface area contributed by atoms with Gasteiger partial charge in [0.25, 0.3) is 0 Å². The van der Waals surface area contributed by atoms with E-state index in [1.807, 2.05) is 54.6 Å². The molecule has 1 aliphatic rings. The largest absolute Gasteiger partial charge is 0.462 e. The van der Waals surface area contributed by atoms with Crippen molar-refractivity contribution in [3.8, 4) is 0 Å². The third kappa shape index (κ3) is 6.46. The molecule has 0 fully saturated rings. The number of fused-ring (bicyclic) bond motifs is 1. The predicted molar refractivity (Wildman–Crippen MR) is 159 cm³/mol. The van der Waals surface area contributed by atoms with Crippen molar-refractivity contribution in [1.29, 1.82) is 0 Å². The molecule has 4 rings (SSSR count). The lowest BCUT2D eigenvalue weighted by Gasteiger charge is -2.21. The van der Waals surface area contributed by atoms with Gasteiger partial charge in [0.2, 0.25) is 11.8 Å². The van der Waals surface area contributed by atoms with Crippen LogP contribution in [0, 0.1) is 0 Å². The van der Waals surface area contributed by atoms with Crippen molar-refractivity contribution in [2.24, 2.45) is 4.99 Å². The first-order valence-electron chi connectivity index (χ1n) is 13.7. The fourth-order valence-electron chi connectivity index (χ4n) is 4.78. The van der Waals surface area contributed by atoms with Crippen molar-refractivity contribution in [1.82, 2.24) is 4.90 Å². The molecule has 1 unspecified atom stereocenters. The van der Waals surface area contributed by atoms with E-state index in [9.17, 15) is 14.4 Å². The first-order valence-corrected chi connectivity index (χ1v) is 13.7. The second kappa shape index (κ2) is 13.2. The molecule has 0 bridgehead atoms. The molecule has 208 valence electrons. The smallest absolute Gasteiger partial charge is 0.338 e. The van der Waals surface area contributed by atoms with Crippen LogP contribution in [0.15, 0.2) is 77.8 Å². The van der Waals surface area contributed by atoms with Crippen LogP contribution in [0.25, 0.3) is 0 Å². The Kier molecular flexibility index (Phi) is 9.45. The summed E-state index contributed by atoms with van der Waals surface area (Å²) in [6.07, 6.45) is 0.449. The molecule has 1 aliphatic heterocycles. The first-order chi connectivity index (χ1) is 19.4. The van der Waals surface area contributed by atoms with Gasteiger partial charge in [-0.1, -0.05) is 50.2 Å². The Morgan fingerprint density at radius 2 is 1.62 bits per heavy atom. The van der Waals surface area contributed by atoms with Crippen molar-refractivity contribution < 1.29 is 19.1 Å². The number of nitrogens with one attached hydrogen (secondary N) is 1. The Labute approximate surface area is 235 Å². The number of ether oxygens (including phenoxy) is 1. The molecule has 1 heterocycles. The average molecular weight is 541 g/mol. The van der Waals surface area contributed by atoms with Crippen LogP contribution >= 0.6 is 0 Å². The second-order valence-corrected chi connectivity index (χ2v) is 9.55. The maximum Gasteiger partial charge on any atom is 0.338 e. The van der Waals surface area contributed by atoms with Gasteiger partial charge in [-0.25, -0.2) is 4.79 Å². The van der Waals surface area contributed by atoms with Crippen LogP contribution in [-0.2, 0) is 14.3 Å². The summed E-state index contributed by atoms with van der Waals surface area (Å²) in [5.74, 6) is -1.25. The summed E-state index contributed by atoms with van der Waals surface area (Å²) in [7, 11) is 1.78. The van der Waals surface area contributed by atoms with Crippen LogP contribution in [0.3, 0.4) is 0 Å². The highest BCUT2D eigenvalue weighted by molar-refractivity contribution is 6.24. The van der Waals surface area contributed by atoms with Crippen molar-refractivity contribution in [3.05, 3.63) is 89.5 Å². The van der Waals surface area contributed by atoms with E-state index in [-0.39, 0.29) is 18.4 Å². The molecule has 1 N–H and O–H groups in total. The molecule has 8 heteroatoms. The molecule has 1 atom stereocenters. The Bertz CT molecular complexity index is 1380. The molecule has 0 radical (unpaired) electrons. The lowest BCUT2D eigenvalue weighted by Crippen LogP contribution is -2.32. The number of nitrogens with zero attached hydrogens (tertiary/aromatic N) is 3. The van der Waals surface area contributed by atoms with E-state index >= 15 is 0 Å². The molecule has 40 heavy (non-hydrogen) atoms. The second-order valence-electron chi connectivity index (χ2n) is 9.55. The maximum atomic E-state index is 13.3. The monoisotopic (exact) mass is 540 g/mol. The zero-order valence-electron chi connectivity index (χ0n) is 23.5. The first kappa shape index (κ1) is 28.7. The fourth-order valence-corrected chi connectivity index (χ4v) is 4.78. The molecule has 0 aliphatic carbocycles. The Morgan fingerprint density at radius 1 is 0.925 bits per heavy atom. The minimum atomic E-state index is -0.655. The number of benzene rings is 3. The normalized spacial score (nSPS) is 14.6. The summed E-state index contributed by atoms with van der Waals surface area (Å²) >= 11 is 0. The molecule has 0 saturated carbocycles. The summed E-state index contributed by atoms with van der Waals surface area (Å²) in [6, 6.07) is 22.1. The number of esters is 1. The highest BCUT2D eigenvalue weighted by atomic mass is 16.5. The SMILES string of the molecule is CCOC(=O)c1ccc2c(c1)NC(=O)C2C(=Nc1ccc(N(C)C(=O)CCN(CC)CC)cc1)c1ccccc1. The van der Waals surface area contributed by atoms with Gasteiger partial charge in [-0.3, -0.25) is 14.6 Å². The van der Waals surface area contributed by atoms with Crippen molar-refractivity contribution in [2.75, 3.05) is 43.5 Å². The van der Waals surface area contributed by atoms with Gasteiger partial charge in [0.15, 0.2) is 0 Å². The van der Waals surface area contributed by atoms with Gasteiger partial charge in [0.05, 0.1) is 23.6 Å². The van der Waals surface area contributed by atoms with Gasteiger partial charge in [-0.15, -0.1) is 0 Å². The minimum Gasteiger partial charge on any atom is -0.462 e. The number of carbonyl (C=O) groups excluding carboxylic acids is 3. The summed E-state index contributed by atoms with van der Waals surface area (Å²) < 4.78 is 5.11. The molecular weight excluding hydrogens is 504 g/mol. The number of hydrogen-bond donors (Lipinski definition) is 1. The maximum absolute atomic E-state index is 13.3. The van der Waals surface area contributed by atoms with E-state index in [0.29, 0.717) is 29.1 Å². The summed E-state index contributed by atoms with van der Waals surface area (Å²) in [4.78, 5) is 47.1. The molecule has 2 amide bonds. The van der Waals surface area contributed by atoms with Gasteiger partial charge >= 0.3 is 5.97 Å². The zero-order valence-corrected chi connectivity index (χ0v) is 23.5. The standard InChI is InChI=1S/C32H36N4O4/c1-5-36(6-2)20-19-28(37)35(4)25-16-14-24(15-17-25)33-30(22-11-9-8-10-12-22)29-26-18-13-23(32(39)40-7-3)21-27(26)34-31(29)38/h8-18,21,29H,5-7,19-20H2,1-4H3,(H,34,38). The molecule has 0 spiro atoms. The molecule has 0 saturated heterocycles. The topological polar surface area (TPSA) is 91.3 Å². The van der Waals surface area contributed by atoms with Gasteiger partial charge in [0.1, 0.15) is 5.92 Å². The number of aliphatic imine (C=N–C) groups is 1. The van der Waals surface area contributed by atoms with Crippen LogP contribution in [0.5, 0.6) is 0 Å². The lowest BCUT2D eigenvalue weighted by atomic mass is 9.90. The highest BCUT2D eigenvalue weighted by Crippen LogP contribution is 2.37. The van der Waals surface area contributed by atoms with Crippen molar-refractivity contribution >= 4 is 40.6 Å². The van der Waals surface area contributed by atoms with Gasteiger partial charge in [0, 0.05) is 31.4 Å². The molecule has 3 aromatic rings. The minimum absolute atomic E-state index is 0.0505. The predicted octanol–water partition coefficient (Wildman–Crippen LogP) is 5.41. The van der Waals surface area contributed by atoms with Gasteiger partial charge < -0.3 is 19.9 Å². The number of amides is 2. The molecule has 3 aromatic carbocycles. The van der Waals surface area contributed by atoms with Crippen LogP contribution in [0.2, 0.25) is 0 Å². The van der Waals surface area contributed by atoms with Crippen LogP contribution in [0.1, 0.15) is 54.6 Å². The van der Waals surface area contributed by atoms with E-state index in [4.69, 9.17) is 9.73 Å².